The monoisotopic (exact) mass is 291 g/mol. The van der Waals surface area contributed by atoms with Crippen molar-refractivity contribution in [3.63, 3.8) is 0 Å². The summed E-state index contributed by atoms with van der Waals surface area (Å²) in [6.07, 6.45) is 0.317. The lowest BCUT2D eigenvalue weighted by Gasteiger charge is -2.10. The molecule has 0 fully saturated rings. The molecule has 0 aliphatic carbocycles. The van der Waals surface area contributed by atoms with Gasteiger partial charge in [-0.2, -0.15) is 5.26 Å². The Labute approximate surface area is 122 Å². The summed E-state index contributed by atoms with van der Waals surface area (Å²) >= 11 is 12.1. The van der Waals surface area contributed by atoms with Gasteiger partial charge in [-0.3, -0.25) is 0 Å². The van der Waals surface area contributed by atoms with Gasteiger partial charge in [0.2, 0.25) is 0 Å². The van der Waals surface area contributed by atoms with Crippen LogP contribution < -0.4 is 4.74 Å². The van der Waals surface area contributed by atoms with Gasteiger partial charge < -0.3 is 4.74 Å². The van der Waals surface area contributed by atoms with Gasteiger partial charge in [-0.05, 0) is 23.8 Å². The molecular formula is C15H11Cl2NO. The summed E-state index contributed by atoms with van der Waals surface area (Å²) in [5.41, 5.74) is 2.67. The Morgan fingerprint density at radius 2 is 1.95 bits per heavy atom. The molecule has 2 aromatic rings. The lowest BCUT2D eigenvalue weighted by atomic mass is 10.0. The number of ether oxygens (including phenoxy) is 1. The molecular weight excluding hydrogens is 281 g/mol. The van der Waals surface area contributed by atoms with E-state index >= 15 is 0 Å². The van der Waals surface area contributed by atoms with Crippen molar-refractivity contribution in [1.82, 2.24) is 0 Å². The summed E-state index contributed by atoms with van der Waals surface area (Å²) in [4.78, 5) is 0. The molecule has 4 heteroatoms. The lowest BCUT2D eigenvalue weighted by Crippen LogP contribution is -1.92. The van der Waals surface area contributed by atoms with E-state index in [1.165, 1.54) is 0 Å². The Bertz CT molecular complexity index is 647. The number of hydrogen-bond acceptors (Lipinski definition) is 2. The van der Waals surface area contributed by atoms with Crippen molar-refractivity contribution in [3.8, 4) is 22.9 Å². The fourth-order valence-electron chi connectivity index (χ4n) is 1.87. The number of nitrogens with zero attached hydrogens (tertiary/aromatic N) is 1. The molecule has 0 saturated carbocycles. The smallest absolute Gasteiger partial charge is 0.123 e. The van der Waals surface area contributed by atoms with Crippen LogP contribution in [0.5, 0.6) is 5.75 Å². The van der Waals surface area contributed by atoms with Gasteiger partial charge in [-0.25, -0.2) is 0 Å². The van der Waals surface area contributed by atoms with E-state index in [1.807, 2.05) is 24.3 Å². The number of benzene rings is 2. The SMILES string of the molecule is COc1cc(-c2ccc(Cl)cc2Cl)ccc1CC#N. The van der Waals surface area contributed by atoms with Gasteiger partial charge in [0.05, 0.1) is 19.6 Å². The van der Waals surface area contributed by atoms with Crippen LogP contribution in [0.2, 0.25) is 10.0 Å². The van der Waals surface area contributed by atoms with E-state index in [0.29, 0.717) is 22.2 Å². The number of halogens is 2. The van der Waals surface area contributed by atoms with Gasteiger partial charge in [0.25, 0.3) is 0 Å². The van der Waals surface area contributed by atoms with Crippen molar-refractivity contribution in [1.29, 1.82) is 5.26 Å². The highest BCUT2D eigenvalue weighted by atomic mass is 35.5. The zero-order chi connectivity index (χ0) is 13.8. The summed E-state index contributed by atoms with van der Waals surface area (Å²) in [7, 11) is 1.59. The van der Waals surface area contributed by atoms with Gasteiger partial charge in [0, 0.05) is 21.2 Å². The quantitative estimate of drug-likeness (QED) is 0.819. The maximum Gasteiger partial charge on any atom is 0.123 e. The molecule has 96 valence electrons. The van der Waals surface area contributed by atoms with Gasteiger partial charge in [0.1, 0.15) is 5.75 Å². The van der Waals surface area contributed by atoms with Crippen LogP contribution in [0.4, 0.5) is 0 Å². The van der Waals surface area contributed by atoms with E-state index in [9.17, 15) is 0 Å². The number of nitriles is 1. The molecule has 0 N–H and O–H groups in total. The predicted molar refractivity (Wildman–Crippen MR) is 77.8 cm³/mol. The minimum absolute atomic E-state index is 0.317. The fourth-order valence-corrected chi connectivity index (χ4v) is 2.38. The Balaban J connectivity index is 2.49. The molecule has 0 bridgehead atoms. The van der Waals surface area contributed by atoms with Crippen molar-refractivity contribution in [2.45, 2.75) is 6.42 Å². The third kappa shape index (κ3) is 3.01. The highest BCUT2D eigenvalue weighted by Gasteiger charge is 2.08. The first kappa shape index (κ1) is 13.7. The number of rotatable bonds is 3. The molecule has 0 aliphatic heterocycles. The predicted octanol–water partition coefficient (Wildman–Crippen LogP) is 4.74. The standard InChI is InChI=1S/C15H11Cl2NO/c1-19-15-8-11(3-2-10(15)6-7-18)13-5-4-12(16)9-14(13)17/h2-5,8-9H,6H2,1H3. The zero-order valence-corrected chi connectivity index (χ0v) is 11.8. The number of methoxy groups -OCH3 is 1. The Morgan fingerprint density at radius 3 is 2.58 bits per heavy atom. The highest BCUT2D eigenvalue weighted by molar-refractivity contribution is 6.36. The van der Waals surface area contributed by atoms with Crippen LogP contribution in [-0.2, 0) is 6.42 Å². The van der Waals surface area contributed by atoms with Crippen molar-refractivity contribution in [3.05, 3.63) is 52.0 Å². The zero-order valence-electron chi connectivity index (χ0n) is 10.3. The molecule has 2 nitrogen and oxygen atoms in total. The molecule has 19 heavy (non-hydrogen) atoms. The summed E-state index contributed by atoms with van der Waals surface area (Å²) in [5.74, 6) is 0.685. The molecule has 0 aliphatic rings. The summed E-state index contributed by atoms with van der Waals surface area (Å²) in [6, 6.07) is 13.1. The van der Waals surface area contributed by atoms with E-state index in [0.717, 1.165) is 16.7 Å². The maximum absolute atomic E-state index is 8.76. The molecule has 2 rings (SSSR count). The van der Waals surface area contributed by atoms with Crippen molar-refractivity contribution in [2.75, 3.05) is 7.11 Å². The molecule has 0 saturated heterocycles. The van der Waals surface area contributed by atoms with Gasteiger partial charge in [-0.15, -0.1) is 0 Å². The van der Waals surface area contributed by atoms with Crippen molar-refractivity contribution in [2.24, 2.45) is 0 Å². The topological polar surface area (TPSA) is 33.0 Å². The van der Waals surface area contributed by atoms with Crippen molar-refractivity contribution >= 4 is 23.2 Å². The minimum Gasteiger partial charge on any atom is -0.496 e. The molecule has 2 aromatic carbocycles. The summed E-state index contributed by atoms with van der Waals surface area (Å²) < 4.78 is 5.30. The van der Waals surface area contributed by atoms with Gasteiger partial charge in [-0.1, -0.05) is 41.4 Å². The third-order valence-electron chi connectivity index (χ3n) is 2.80. The largest absolute Gasteiger partial charge is 0.496 e. The molecule has 0 aromatic heterocycles. The molecule has 0 unspecified atom stereocenters. The van der Waals surface area contributed by atoms with Crippen LogP contribution in [0.25, 0.3) is 11.1 Å². The van der Waals surface area contributed by atoms with E-state index in [4.69, 9.17) is 33.2 Å². The van der Waals surface area contributed by atoms with E-state index in [1.54, 1.807) is 19.2 Å². The van der Waals surface area contributed by atoms with E-state index in [2.05, 4.69) is 6.07 Å². The van der Waals surface area contributed by atoms with Crippen LogP contribution in [-0.4, -0.2) is 7.11 Å². The summed E-state index contributed by atoms with van der Waals surface area (Å²) in [6.45, 7) is 0. The van der Waals surface area contributed by atoms with E-state index < -0.39 is 0 Å². The average molecular weight is 292 g/mol. The van der Waals surface area contributed by atoms with Gasteiger partial charge >= 0.3 is 0 Å². The Kier molecular flexibility index (Phi) is 4.31. The first-order chi connectivity index (χ1) is 9.15. The lowest BCUT2D eigenvalue weighted by molar-refractivity contribution is 0.411. The first-order valence-corrected chi connectivity index (χ1v) is 6.40. The molecule has 0 spiro atoms. The van der Waals surface area contributed by atoms with Gasteiger partial charge in [0.15, 0.2) is 0 Å². The maximum atomic E-state index is 8.76. The minimum atomic E-state index is 0.317. The van der Waals surface area contributed by atoms with Crippen LogP contribution in [0.3, 0.4) is 0 Å². The normalized spacial score (nSPS) is 10.0. The summed E-state index contributed by atoms with van der Waals surface area (Å²) in [5, 5.41) is 9.94. The average Bonchev–Trinajstić information content (AvgIpc) is 2.40. The second kappa shape index (κ2) is 5.97. The molecule has 0 atom stereocenters. The van der Waals surface area contributed by atoms with Crippen LogP contribution in [0, 0.1) is 11.3 Å². The van der Waals surface area contributed by atoms with Crippen LogP contribution in [0.1, 0.15) is 5.56 Å². The first-order valence-electron chi connectivity index (χ1n) is 5.65. The molecule has 0 amide bonds. The second-order valence-corrected chi connectivity index (χ2v) is 4.83. The van der Waals surface area contributed by atoms with Crippen LogP contribution in [0.15, 0.2) is 36.4 Å². The third-order valence-corrected chi connectivity index (χ3v) is 3.35. The second-order valence-electron chi connectivity index (χ2n) is 3.99. The Morgan fingerprint density at radius 1 is 1.16 bits per heavy atom. The van der Waals surface area contributed by atoms with Crippen LogP contribution >= 0.6 is 23.2 Å². The number of hydrogen-bond donors (Lipinski definition) is 0. The highest BCUT2D eigenvalue weighted by Crippen LogP contribution is 2.33. The van der Waals surface area contributed by atoms with E-state index in [-0.39, 0.29) is 0 Å². The fraction of sp³-hybridized carbons (Fsp3) is 0.133. The molecule has 0 radical (unpaired) electrons. The Hall–Kier alpha value is -1.69. The van der Waals surface area contributed by atoms with Crippen molar-refractivity contribution < 1.29 is 4.74 Å². The molecule has 0 heterocycles.